The molecule has 0 radical (unpaired) electrons. The van der Waals surface area contributed by atoms with E-state index in [0.29, 0.717) is 16.9 Å². The van der Waals surface area contributed by atoms with Crippen molar-refractivity contribution in [3.8, 4) is 0 Å². The normalized spacial score (nSPS) is 10.3. The molecule has 2 aromatic carbocycles. The standard InChI is InChI=1S/C19H15N3O5/c1-12-4-5-13(11-16(12)22(25)26)18(23)20-14-6-8-15(9-7-14)21-19(24)17-3-2-10-27-17/h2-11H,1H3,(H,20,23)(H,21,24). The molecule has 0 aliphatic carbocycles. The second-order valence-corrected chi connectivity index (χ2v) is 5.72. The van der Waals surface area contributed by atoms with Crippen molar-refractivity contribution in [1.29, 1.82) is 0 Å². The van der Waals surface area contributed by atoms with Crippen LogP contribution in [-0.2, 0) is 0 Å². The molecule has 3 rings (SSSR count). The topological polar surface area (TPSA) is 114 Å². The Morgan fingerprint density at radius 3 is 2.15 bits per heavy atom. The number of amides is 2. The zero-order chi connectivity index (χ0) is 19.4. The van der Waals surface area contributed by atoms with Gasteiger partial charge in [0.2, 0.25) is 0 Å². The molecule has 0 fully saturated rings. The zero-order valence-corrected chi connectivity index (χ0v) is 14.3. The number of nitrogens with zero attached hydrogens (tertiary/aromatic N) is 1. The van der Waals surface area contributed by atoms with Crippen LogP contribution in [0, 0.1) is 17.0 Å². The SMILES string of the molecule is Cc1ccc(C(=O)Nc2ccc(NC(=O)c3ccco3)cc2)cc1[N+](=O)[O-]. The van der Waals surface area contributed by atoms with Gasteiger partial charge in [-0.2, -0.15) is 0 Å². The smallest absolute Gasteiger partial charge is 0.291 e. The third-order valence-corrected chi connectivity index (χ3v) is 3.81. The summed E-state index contributed by atoms with van der Waals surface area (Å²) in [6.45, 7) is 1.61. The van der Waals surface area contributed by atoms with Crippen molar-refractivity contribution in [1.82, 2.24) is 0 Å². The predicted molar refractivity (Wildman–Crippen MR) is 98.9 cm³/mol. The number of aryl methyl sites for hydroxylation is 1. The summed E-state index contributed by atoms with van der Waals surface area (Å²) >= 11 is 0. The maximum absolute atomic E-state index is 12.3. The fraction of sp³-hybridized carbons (Fsp3) is 0.0526. The molecule has 8 heteroatoms. The van der Waals surface area contributed by atoms with Crippen molar-refractivity contribution in [2.45, 2.75) is 6.92 Å². The van der Waals surface area contributed by atoms with Gasteiger partial charge in [-0.3, -0.25) is 19.7 Å². The molecule has 0 aliphatic rings. The Labute approximate surface area is 154 Å². The lowest BCUT2D eigenvalue weighted by molar-refractivity contribution is -0.385. The molecule has 0 aliphatic heterocycles. The maximum atomic E-state index is 12.3. The minimum Gasteiger partial charge on any atom is -0.459 e. The van der Waals surface area contributed by atoms with Crippen LogP contribution < -0.4 is 10.6 Å². The summed E-state index contributed by atoms with van der Waals surface area (Å²) in [6.07, 6.45) is 1.41. The number of nitro benzene ring substituents is 1. The van der Waals surface area contributed by atoms with Crippen LogP contribution in [0.1, 0.15) is 26.5 Å². The van der Waals surface area contributed by atoms with Gasteiger partial charge in [0.1, 0.15) is 0 Å². The monoisotopic (exact) mass is 365 g/mol. The Morgan fingerprint density at radius 1 is 0.963 bits per heavy atom. The fourth-order valence-electron chi connectivity index (χ4n) is 2.39. The van der Waals surface area contributed by atoms with Crippen molar-refractivity contribution in [2.24, 2.45) is 0 Å². The first kappa shape index (κ1) is 17.9. The Balaban J connectivity index is 1.67. The summed E-state index contributed by atoms with van der Waals surface area (Å²) in [5.41, 5.74) is 1.56. The van der Waals surface area contributed by atoms with Crippen LogP contribution in [0.25, 0.3) is 0 Å². The highest BCUT2D eigenvalue weighted by Crippen LogP contribution is 2.21. The number of anilines is 2. The molecule has 2 N–H and O–H groups in total. The third-order valence-electron chi connectivity index (χ3n) is 3.81. The van der Waals surface area contributed by atoms with E-state index in [1.165, 1.54) is 24.5 Å². The minimum atomic E-state index is -0.525. The van der Waals surface area contributed by atoms with Gasteiger partial charge in [-0.25, -0.2) is 0 Å². The molecule has 2 amide bonds. The van der Waals surface area contributed by atoms with E-state index in [-0.39, 0.29) is 22.9 Å². The molecule has 3 aromatic rings. The van der Waals surface area contributed by atoms with Crippen molar-refractivity contribution in [3.05, 3.63) is 87.9 Å². The van der Waals surface area contributed by atoms with Crippen LogP contribution in [-0.4, -0.2) is 16.7 Å². The van der Waals surface area contributed by atoms with E-state index >= 15 is 0 Å². The van der Waals surface area contributed by atoms with Gasteiger partial charge in [0.15, 0.2) is 5.76 Å². The van der Waals surface area contributed by atoms with Crippen LogP contribution in [0.15, 0.2) is 65.3 Å². The van der Waals surface area contributed by atoms with Gasteiger partial charge >= 0.3 is 0 Å². The van der Waals surface area contributed by atoms with E-state index in [1.807, 2.05) is 0 Å². The summed E-state index contributed by atoms with van der Waals surface area (Å²) in [5.74, 6) is -0.664. The summed E-state index contributed by atoms with van der Waals surface area (Å²) in [6, 6.07) is 13.9. The first-order valence-electron chi connectivity index (χ1n) is 7.95. The van der Waals surface area contributed by atoms with Crippen LogP contribution in [0.4, 0.5) is 17.1 Å². The lowest BCUT2D eigenvalue weighted by Gasteiger charge is -2.08. The van der Waals surface area contributed by atoms with Crippen molar-refractivity contribution < 1.29 is 18.9 Å². The summed E-state index contributed by atoms with van der Waals surface area (Å²) < 4.78 is 5.01. The van der Waals surface area contributed by atoms with Crippen LogP contribution >= 0.6 is 0 Å². The van der Waals surface area contributed by atoms with E-state index in [1.54, 1.807) is 43.3 Å². The highest BCUT2D eigenvalue weighted by molar-refractivity contribution is 6.05. The maximum Gasteiger partial charge on any atom is 0.291 e. The molecule has 0 spiro atoms. The molecular weight excluding hydrogens is 350 g/mol. The zero-order valence-electron chi connectivity index (χ0n) is 14.3. The van der Waals surface area contributed by atoms with E-state index < -0.39 is 10.8 Å². The molecular formula is C19H15N3O5. The van der Waals surface area contributed by atoms with E-state index in [9.17, 15) is 19.7 Å². The Kier molecular flexibility index (Phi) is 4.98. The fourth-order valence-corrected chi connectivity index (χ4v) is 2.39. The van der Waals surface area contributed by atoms with Gasteiger partial charge in [0, 0.05) is 28.6 Å². The molecule has 0 saturated carbocycles. The average Bonchev–Trinajstić information content (AvgIpc) is 3.18. The van der Waals surface area contributed by atoms with Gasteiger partial charge in [-0.1, -0.05) is 6.07 Å². The number of rotatable bonds is 5. The Morgan fingerprint density at radius 2 is 1.59 bits per heavy atom. The quantitative estimate of drug-likeness (QED) is 0.524. The number of furan rings is 1. The number of carbonyl (C=O) groups is 2. The van der Waals surface area contributed by atoms with Crippen LogP contribution in [0.5, 0.6) is 0 Å². The summed E-state index contributed by atoms with van der Waals surface area (Å²) in [5, 5.41) is 16.3. The van der Waals surface area contributed by atoms with Crippen molar-refractivity contribution in [3.63, 3.8) is 0 Å². The summed E-state index contributed by atoms with van der Waals surface area (Å²) in [7, 11) is 0. The molecule has 1 aromatic heterocycles. The molecule has 0 atom stereocenters. The van der Waals surface area contributed by atoms with Gasteiger partial charge in [-0.05, 0) is 49.4 Å². The van der Waals surface area contributed by atoms with E-state index in [0.717, 1.165) is 0 Å². The second-order valence-electron chi connectivity index (χ2n) is 5.72. The van der Waals surface area contributed by atoms with E-state index in [4.69, 9.17) is 4.42 Å². The van der Waals surface area contributed by atoms with Crippen molar-refractivity contribution in [2.75, 3.05) is 10.6 Å². The van der Waals surface area contributed by atoms with Gasteiger partial charge in [0.25, 0.3) is 17.5 Å². The number of carbonyl (C=O) groups excluding carboxylic acids is 2. The molecule has 8 nitrogen and oxygen atoms in total. The predicted octanol–water partition coefficient (Wildman–Crippen LogP) is 4.00. The molecule has 0 bridgehead atoms. The van der Waals surface area contributed by atoms with Crippen LogP contribution in [0.3, 0.4) is 0 Å². The van der Waals surface area contributed by atoms with Gasteiger partial charge < -0.3 is 15.1 Å². The van der Waals surface area contributed by atoms with Gasteiger partial charge in [-0.15, -0.1) is 0 Å². The molecule has 27 heavy (non-hydrogen) atoms. The van der Waals surface area contributed by atoms with Gasteiger partial charge in [0.05, 0.1) is 11.2 Å². The molecule has 1 heterocycles. The van der Waals surface area contributed by atoms with Crippen molar-refractivity contribution >= 4 is 28.9 Å². The molecule has 0 saturated heterocycles. The number of nitro groups is 1. The molecule has 0 unspecified atom stereocenters. The highest BCUT2D eigenvalue weighted by Gasteiger charge is 2.15. The van der Waals surface area contributed by atoms with Crippen LogP contribution in [0.2, 0.25) is 0 Å². The summed E-state index contributed by atoms with van der Waals surface area (Å²) in [4.78, 5) is 34.7. The number of hydrogen-bond acceptors (Lipinski definition) is 5. The third kappa shape index (κ3) is 4.18. The lowest BCUT2D eigenvalue weighted by Crippen LogP contribution is -2.13. The highest BCUT2D eigenvalue weighted by atomic mass is 16.6. The minimum absolute atomic E-state index is 0.112. The average molecular weight is 365 g/mol. The van der Waals surface area contributed by atoms with E-state index in [2.05, 4.69) is 10.6 Å². The largest absolute Gasteiger partial charge is 0.459 e. The number of hydrogen-bond donors (Lipinski definition) is 2. The Hall–Kier alpha value is -3.94. The Bertz CT molecular complexity index is 995. The first-order chi connectivity index (χ1) is 12.9. The molecule has 136 valence electrons. The second kappa shape index (κ2) is 7.52. The number of nitrogens with one attached hydrogen (secondary N) is 2. The number of benzene rings is 2. The first-order valence-corrected chi connectivity index (χ1v) is 7.95. The lowest BCUT2D eigenvalue weighted by atomic mass is 10.1.